The standard InChI is InChI=1S/C5H5F2N3O2/c1-10-3(4(6)7)2(5(11)12)8-9-10/h4H,1H3,(H,11,12). The number of carboxylic acids is 1. The maximum Gasteiger partial charge on any atom is 0.358 e. The third kappa shape index (κ3) is 1.25. The molecule has 0 bridgehead atoms. The number of hydrogen-bond donors (Lipinski definition) is 1. The lowest BCUT2D eigenvalue weighted by atomic mass is 10.3. The van der Waals surface area contributed by atoms with Crippen LogP contribution in [0.1, 0.15) is 22.6 Å². The first-order valence-electron chi connectivity index (χ1n) is 2.95. The van der Waals surface area contributed by atoms with E-state index in [2.05, 4.69) is 10.3 Å². The van der Waals surface area contributed by atoms with Crippen molar-refractivity contribution in [3.63, 3.8) is 0 Å². The minimum Gasteiger partial charge on any atom is -0.476 e. The largest absolute Gasteiger partial charge is 0.476 e. The molecule has 0 aromatic carbocycles. The van der Waals surface area contributed by atoms with Crippen LogP contribution < -0.4 is 0 Å². The molecular formula is C5H5F2N3O2. The zero-order chi connectivity index (χ0) is 9.30. The first-order valence-corrected chi connectivity index (χ1v) is 2.95. The molecule has 5 nitrogen and oxygen atoms in total. The number of aromatic nitrogens is 3. The Morgan fingerprint density at radius 2 is 2.25 bits per heavy atom. The monoisotopic (exact) mass is 177 g/mol. The number of rotatable bonds is 2. The van der Waals surface area contributed by atoms with Crippen LogP contribution in [-0.4, -0.2) is 26.1 Å². The maximum atomic E-state index is 12.1. The summed E-state index contributed by atoms with van der Waals surface area (Å²) >= 11 is 0. The fourth-order valence-electron chi connectivity index (χ4n) is 0.761. The Morgan fingerprint density at radius 1 is 1.67 bits per heavy atom. The molecule has 0 saturated carbocycles. The summed E-state index contributed by atoms with van der Waals surface area (Å²) in [6.45, 7) is 0. The van der Waals surface area contributed by atoms with Gasteiger partial charge in [0.25, 0.3) is 6.43 Å². The molecule has 1 aromatic rings. The van der Waals surface area contributed by atoms with Gasteiger partial charge < -0.3 is 5.11 Å². The summed E-state index contributed by atoms with van der Waals surface area (Å²) in [5.74, 6) is -1.50. The second-order valence-corrected chi connectivity index (χ2v) is 2.05. The number of aromatic carboxylic acids is 1. The van der Waals surface area contributed by atoms with Crippen LogP contribution in [-0.2, 0) is 7.05 Å². The molecule has 0 saturated heterocycles. The average Bonchev–Trinajstić information content (AvgIpc) is 2.30. The van der Waals surface area contributed by atoms with Crippen molar-refractivity contribution >= 4 is 5.97 Å². The van der Waals surface area contributed by atoms with Crippen LogP contribution in [0, 0.1) is 0 Å². The quantitative estimate of drug-likeness (QED) is 0.712. The molecule has 0 fully saturated rings. The van der Waals surface area contributed by atoms with Crippen molar-refractivity contribution in [3.8, 4) is 0 Å². The van der Waals surface area contributed by atoms with E-state index in [-0.39, 0.29) is 0 Å². The lowest BCUT2D eigenvalue weighted by molar-refractivity contribution is 0.0676. The van der Waals surface area contributed by atoms with E-state index in [1.165, 1.54) is 7.05 Å². The summed E-state index contributed by atoms with van der Waals surface area (Å²) in [5.41, 5.74) is -1.38. The Kier molecular flexibility index (Phi) is 2.03. The Hall–Kier alpha value is -1.53. The summed E-state index contributed by atoms with van der Waals surface area (Å²) in [6.07, 6.45) is -2.88. The molecule has 1 aromatic heterocycles. The summed E-state index contributed by atoms with van der Waals surface area (Å²) in [6, 6.07) is 0. The topological polar surface area (TPSA) is 68.0 Å². The molecule has 0 unspecified atom stereocenters. The fourth-order valence-corrected chi connectivity index (χ4v) is 0.761. The van der Waals surface area contributed by atoms with E-state index < -0.39 is 23.8 Å². The third-order valence-corrected chi connectivity index (χ3v) is 1.28. The molecule has 1 rings (SSSR count). The average molecular weight is 177 g/mol. The van der Waals surface area contributed by atoms with E-state index >= 15 is 0 Å². The van der Waals surface area contributed by atoms with E-state index in [0.717, 1.165) is 4.68 Å². The number of carbonyl (C=O) groups is 1. The van der Waals surface area contributed by atoms with Gasteiger partial charge in [-0.15, -0.1) is 5.10 Å². The van der Waals surface area contributed by atoms with Gasteiger partial charge in [0.2, 0.25) is 0 Å². The van der Waals surface area contributed by atoms with Crippen molar-refractivity contribution in [2.45, 2.75) is 6.43 Å². The lowest BCUT2D eigenvalue weighted by Gasteiger charge is -1.98. The molecule has 0 amide bonds. The minimum atomic E-state index is -2.88. The predicted octanol–water partition coefficient (Wildman–Crippen LogP) is 0.451. The Labute approximate surface area is 65.6 Å². The molecular weight excluding hydrogens is 172 g/mol. The van der Waals surface area contributed by atoms with Gasteiger partial charge in [0, 0.05) is 7.05 Å². The number of hydrogen-bond acceptors (Lipinski definition) is 3. The predicted molar refractivity (Wildman–Crippen MR) is 32.9 cm³/mol. The highest BCUT2D eigenvalue weighted by molar-refractivity contribution is 5.86. The van der Waals surface area contributed by atoms with Gasteiger partial charge in [-0.05, 0) is 0 Å². The van der Waals surface area contributed by atoms with E-state index in [9.17, 15) is 13.6 Å². The van der Waals surface area contributed by atoms with Crippen LogP contribution in [0.3, 0.4) is 0 Å². The molecule has 1 heterocycles. The molecule has 66 valence electrons. The molecule has 0 radical (unpaired) electrons. The van der Waals surface area contributed by atoms with E-state index in [1.54, 1.807) is 0 Å². The van der Waals surface area contributed by atoms with Gasteiger partial charge in [0.1, 0.15) is 5.69 Å². The van der Waals surface area contributed by atoms with Gasteiger partial charge >= 0.3 is 5.97 Å². The van der Waals surface area contributed by atoms with Crippen LogP contribution >= 0.6 is 0 Å². The lowest BCUT2D eigenvalue weighted by Crippen LogP contribution is -2.05. The highest BCUT2D eigenvalue weighted by Gasteiger charge is 2.24. The highest BCUT2D eigenvalue weighted by Crippen LogP contribution is 2.19. The summed E-state index contributed by atoms with van der Waals surface area (Å²) < 4.78 is 25.0. The summed E-state index contributed by atoms with van der Waals surface area (Å²) in [4.78, 5) is 10.3. The maximum absolute atomic E-state index is 12.1. The van der Waals surface area contributed by atoms with E-state index in [0.29, 0.717) is 0 Å². The van der Waals surface area contributed by atoms with Gasteiger partial charge in [0.05, 0.1) is 0 Å². The zero-order valence-corrected chi connectivity index (χ0v) is 6.03. The van der Waals surface area contributed by atoms with Crippen LogP contribution in [0.2, 0.25) is 0 Å². The Morgan fingerprint density at radius 3 is 2.58 bits per heavy atom. The minimum absolute atomic E-state index is 0.678. The summed E-state index contributed by atoms with van der Waals surface area (Å²) in [7, 11) is 1.21. The SMILES string of the molecule is Cn1nnc(C(=O)O)c1C(F)F. The zero-order valence-electron chi connectivity index (χ0n) is 6.03. The number of aryl methyl sites for hydroxylation is 1. The van der Waals surface area contributed by atoms with Gasteiger partial charge in [-0.1, -0.05) is 5.21 Å². The van der Waals surface area contributed by atoms with E-state index in [4.69, 9.17) is 5.11 Å². The molecule has 1 N–H and O–H groups in total. The van der Waals surface area contributed by atoms with Crippen molar-refractivity contribution in [2.75, 3.05) is 0 Å². The molecule has 0 aliphatic heterocycles. The Bertz CT molecular complexity index is 310. The first-order chi connectivity index (χ1) is 5.54. The van der Waals surface area contributed by atoms with E-state index in [1.807, 2.05) is 0 Å². The van der Waals surface area contributed by atoms with Crippen molar-refractivity contribution in [3.05, 3.63) is 11.4 Å². The van der Waals surface area contributed by atoms with Crippen LogP contribution in [0.5, 0.6) is 0 Å². The molecule has 0 atom stereocenters. The molecule has 0 aliphatic carbocycles. The van der Waals surface area contributed by atoms with Crippen molar-refractivity contribution < 1.29 is 18.7 Å². The van der Waals surface area contributed by atoms with Crippen molar-refractivity contribution in [1.29, 1.82) is 0 Å². The number of alkyl halides is 2. The van der Waals surface area contributed by atoms with Crippen LogP contribution in [0.4, 0.5) is 8.78 Å². The van der Waals surface area contributed by atoms with Crippen molar-refractivity contribution in [2.24, 2.45) is 7.05 Å². The molecule has 7 heteroatoms. The Balaban J connectivity index is 3.21. The number of carboxylic acid groups (broad SMARTS) is 1. The molecule has 12 heavy (non-hydrogen) atoms. The number of halogens is 2. The van der Waals surface area contributed by atoms with Crippen LogP contribution in [0.15, 0.2) is 0 Å². The first kappa shape index (κ1) is 8.57. The highest BCUT2D eigenvalue weighted by atomic mass is 19.3. The summed E-state index contributed by atoms with van der Waals surface area (Å²) in [5, 5.41) is 14.6. The van der Waals surface area contributed by atoms with Gasteiger partial charge in [-0.3, -0.25) is 0 Å². The van der Waals surface area contributed by atoms with Gasteiger partial charge in [0.15, 0.2) is 5.69 Å². The number of nitrogens with zero attached hydrogens (tertiary/aromatic N) is 3. The molecule has 0 spiro atoms. The van der Waals surface area contributed by atoms with Crippen molar-refractivity contribution in [1.82, 2.24) is 15.0 Å². The molecule has 0 aliphatic rings. The van der Waals surface area contributed by atoms with Crippen LogP contribution in [0.25, 0.3) is 0 Å². The van der Waals surface area contributed by atoms with Gasteiger partial charge in [-0.2, -0.15) is 0 Å². The third-order valence-electron chi connectivity index (χ3n) is 1.28. The second-order valence-electron chi connectivity index (χ2n) is 2.05. The fraction of sp³-hybridized carbons (Fsp3) is 0.400. The second kappa shape index (κ2) is 2.84. The normalized spacial score (nSPS) is 10.7. The smallest absolute Gasteiger partial charge is 0.358 e. The van der Waals surface area contributed by atoms with Gasteiger partial charge in [-0.25, -0.2) is 18.3 Å².